The molecule has 1 aromatic heterocycles. The van der Waals surface area contributed by atoms with Crippen molar-refractivity contribution in [1.82, 2.24) is 15.0 Å². The molecule has 0 radical (unpaired) electrons. The standard InChI is InChI=1S/C14H12ClF3N4O3/c1-2-25-13(24)11-6-22(21-20-11)7-12(23)19-10-5-8(14(16,17)18)3-4-9(10)15/h3-6H,2,7H2,1H3,(H,19,23). The number of esters is 1. The van der Waals surface area contributed by atoms with E-state index in [0.717, 1.165) is 22.9 Å². The van der Waals surface area contributed by atoms with Gasteiger partial charge in [0, 0.05) is 0 Å². The van der Waals surface area contributed by atoms with E-state index in [1.54, 1.807) is 6.92 Å². The third kappa shape index (κ3) is 4.92. The Kier molecular flexibility index (Phi) is 5.62. The summed E-state index contributed by atoms with van der Waals surface area (Å²) < 4.78 is 43.9. The molecule has 0 fully saturated rings. The van der Waals surface area contributed by atoms with Crippen LogP contribution in [0.15, 0.2) is 24.4 Å². The van der Waals surface area contributed by atoms with Crippen LogP contribution >= 0.6 is 11.6 Å². The largest absolute Gasteiger partial charge is 0.461 e. The number of hydrogen-bond acceptors (Lipinski definition) is 5. The van der Waals surface area contributed by atoms with Crippen LogP contribution in [0.4, 0.5) is 18.9 Å². The van der Waals surface area contributed by atoms with Gasteiger partial charge in [-0.2, -0.15) is 13.2 Å². The van der Waals surface area contributed by atoms with Crippen LogP contribution in [0.25, 0.3) is 0 Å². The molecule has 2 aromatic rings. The van der Waals surface area contributed by atoms with Crippen LogP contribution in [-0.4, -0.2) is 33.5 Å². The molecule has 1 heterocycles. The zero-order valence-electron chi connectivity index (χ0n) is 12.8. The van der Waals surface area contributed by atoms with Crippen LogP contribution in [-0.2, 0) is 22.3 Å². The van der Waals surface area contributed by atoms with E-state index >= 15 is 0 Å². The highest BCUT2D eigenvalue weighted by Crippen LogP contribution is 2.33. The van der Waals surface area contributed by atoms with Gasteiger partial charge in [-0.05, 0) is 25.1 Å². The van der Waals surface area contributed by atoms with E-state index in [1.807, 2.05) is 0 Å². The Morgan fingerprint density at radius 1 is 1.36 bits per heavy atom. The third-order valence-electron chi connectivity index (χ3n) is 2.90. The number of halogens is 4. The maximum absolute atomic E-state index is 12.7. The van der Waals surface area contributed by atoms with Gasteiger partial charge < -0.3 is 10.1 Å². The molecule has 25 heavy (non-hydrogen) atoms. The number of carbonyl (C=O) groups is 2. The average Bonchev–Trinajstić information content (AvgIpc) is 2.97. The zero-order chi connectivity index (χ0) is 18.6. The fraction of sp³-hybridized carbons (Fsp3) is 0.286. The van der Waals surface area contributed by atoms with Crippen LogP contribution < -0.4 is 5.32 Å². The predicted molar refractivity (Wildman–Crippen MR) is 81.1 cm³/mol. The third-order valence-corrected chi connectivity index (χ3v) is 3.23. The molecule has 2 rings (SSSR count). The van der Waals surface area contributed by atoms with Crippen LogP contribution in [0.5, 0.6) is 0 Å². The Hall–Kier alpha value is -2.62. The monoisotopic (exact) mass is 376 g/mol. The Labute approximate surface area is 144 Å². The first-order valence-electron chi connectivity index (χ1n) is 6.94. The number of benzene rings is 1. The molecule has 0 saturated carbocycles. The van der Waals surface area contributed by atoms with Crippen molar-refractivity contribution < 1.29 is 27.5 Å². The highest BCUT2D eigenvalue weighted by atomic mass is 35.5. The minimum atomic E-state index is -4.56. The van der Waals surface area contributed by atoms with Crippen molar-refractivity contribution in [3.8, 4) is 0 Å². The molecular formula is C14H12ClF3N4O3. The van der Waals surface area contributed by atoms with Crippen LogP contribution in [0.3, 0.4) is 0 Å². The van der Waals surface area contributed by atoms with E-state index in [0.29, 0.717) is 0 Å². The molecule has 11 heteroatoms. The van der Waals surface area contributed by atoms with E-state index in [4.69, 9.17) is 16.3 Å². The number of nitrogens with one attached hydrogen (secondary N) is 1. The van der Waals surface area contributed by atoms with Crippen LogP contribution in [0.1, 0.15) is 23.0 Å². The highest BCUT2D eigenvalue weighted by molar-refractivity contribution is 6.33. The zero-order valence-corrected chi connectivity index (χ0v) is 13.6. The number of ether oxygens (including phenoxy) is 1. The number of anilines is 1. The molecule has 0 spiro atoms. The number of nitrogens with zero attached hydrogens (tertiary/aromatic N) is 3. The number of amides is 1. The Bertz CT molecular complexity index is 792. The lowest BCUT2D eigenvalue weighted by Crippen LogP contribution is -2.20. The maximum Gasteiger partial charge on any atom is 0.416 e. The lowest BCUT2D eigenvalue weighted by molar-refractivity contribution is -0.137. The quantitative estimate of drug-likeness (QED) is 0.811. The van der Waals surface area contributed by atoms with E-state index in [2.05, 4.69) is 15.6 Å². The summed E-state index contributed by atoms with van der Waals surface area (Å²) in [5, 5.41) is 9.32. The van der Waals surface area contributed by atoms with Crippen LogP contribution in [0, 0.1) is 0 Å². The van der Waals surface area contributed by atoms with Gasteiger partial charge in [-0.1, -0.05) is 16.8 Å². The summed E-state index contributed by atoms with van der Waals surface area (Å²) in [5.41, 5.74) is -1.23. The molecule has 0 aliphatic rings. The first-order valence-corrected chi connectivity index (χ1v) is 7.32. The van der Waals surface area contributed by atoms with E-state index < -0.39 is 23.6 Å². The lowest BCUT2D eigenvalue weighted by Gasteiger charge is -2.11. The Balaban J connectivity index is 2.07. The van der Waals surface area contributed by atoms with Crippen LogP contribution in [0.2, 0.25) is 5.02 Å². The average molecular weight is 377 g/mol. The molecule has 0 saturated heterocycles. The molecule has 0 aliphatic carbocycles. The topological polar surface area (TPSA) is 86.1 Å². The van der Waals surface area contributed by atoms with Gasteiger partial charge in [-0.15, -0.1) is 5.10 Å². The fourth-order valence-corrected chi connectivity index (χ4v) is 1.97. The fourth-order valence-electron chi connectivity index (χ4n) is 1.81. The summed E-state index contributed by atoms with van der Waals surface area (Å²) in [5.74, 6) is -1.39. The SMILES string of the molecule is CCOC(=O)c1cn(CC(=O)Nc2cc(C(F)(F)F)ccc2Cl)nn1. The number of carbonyl (C=O) groups excluding carboxylic acids is 2. The van der Waals surface area contributed by atoms with Crippen molar-refractivity contribution in [3.63, 3.8) is 0 Å². The summed E-state index contributed by atoms with van der Waals surface area (Å²) in [6, 6.07) is 2.57. The summed E-state index contributed by atoms with van der Waals surface area (Å²) in [7, 11) is 0. The van der Waals surface area contributed by atoms with Gasteiger partial charge in [0.2, 0.25) is 5.91 Å². The molecule has 1 aromatic carbocycles. The first-order chi connectivity index (χ1) is 11.7. The molecule has 7 nitrogen and oxygen atoms in total. The van der Waals surface area contributed by atoms with E-state index in [1.165, 1.54) is 6.20 Å². The number of rotatable bonds is 5. The van der Waals surface area contributed by atoms with Gasteiger partial charge in [0.05, 0.1) is 29.1 Å². The second kappa shape index (κ2) is 7.51. The van der Waals surface area contributed by atoms with Gasteiger partial charge in [-0.25, -0.2) is 9.48 Å². The molecule has 0 atom stereocenters. The van der Waals surface area contributed by atoms with Gasteiger partial charge >= 0.3 is 12.1 Å². The molecule has 1 N–H and O–H groups in total. The summed E-state index contributed by atoms with van der Waals surface area (Å²) in [6.45, 7) is 1.40. The van der Waals surface area contributed by atoms with Gasteiger partial charge in [0.1, 0.15) is 6.54 Å². The van der Waals surface area contributed by atoms with Crippen molar-refractivity contribution in [2.45, 2.75) is 19.6 Å². The number of alkyl halides is 3. The molecule has 0 unspecified atom stereocenters. The molecule has 134 valence electrons. The lowest BCUT2D eigenvalue weighted by atomic mass is 10.2. The second-order valence-electron chi connectivity index (χ2n) is 4.76. The van der Waals surface area contributed by atoms with Gasteiger partial charge in [0.25, 0.3) is 0 Å². The summed E-state index contributed by atoms with van der Waals surface area (Å²) >= 11 is 5.80. The Morgan fingerprint density at radius 2 is 2.08 bits per heavy atom. The van der Waals surface area contributed by atoms with E-state index in [9.17, 15) is 22.8 Å². The highest BCUT2D eigenvalue weighted by Gasteiger charge is 2.31. The minimum absolute atomic E-state index is 0.0489. The van der Waals surface area contributed by atoms with Crippen molar-refractivity contribution >= 4 is 29.2 Å². The number of aromatic nitrogens is 3. The van der Waals surface area contributed by atoms with Crippen molar-refractivity contribution in [3.05, 3.63) is 40.7 Å². The van der Waals surface area contributed by atoms with Gasteiger partial charge in [-0.3, -0.25) is 4.79 Å². The summed E-state index contributed by atoms with van der Waals surface area (Å²) in [4.78, 5) is 23.4. The van der Waals surface area contributed by atoms with Gasteiger partial charge in [0.15, 0.2) is 5.69 Å². The molecule has 0 aliphatic heterocycles. The molecular weight excluding hydrogens is 365 g/mol. The van der Waals surface area contributed by atoms with Crippen molar-refractivity contribution in [2.75, 3.05) is 11.9 Å². The number of hydrogen-bond donors (Lipinski definition) is 1. The maximum atomic E-state index is 12.7. The summed E-state index contributed by atoms with van der Waals surface area (Å²) in [6.07, 6.45) is -3.38. The Morgan fingerprint density at radius 3 is 2.72 bits per heavy atom. The van der Waals surface area contributed by atoms with Crippen molar-refractivity contribution in [2.24, 2.45) is 0 Å². The minimum Gasteiger partial charge on any atom is -0.461 e. The normalized spacial score (nSPS) is 11.2. The second-order valence-corrected chi connectivity index (χ2v) is 5.17. The predicted octanol–water partition coefficient (Wildman–Crippen LogP) is 2.77. The first kappa shape index (κ1) is 18.7. The van der Waals surface area contributed by atoms with Crippen molar-refractivity contribution in [1.29, 1.82) is 0 Å². The molecule has 0 bridgehead atoms. The molecule has 1 amide bonds. The van der Waals surface area contributed by atoms with E-state index in [-0.39, 0.29) is 29.6 Å². The smallest absolute Gasteiger partial charge is 0.416 e.